The van der Waals surface area contributed by atoms with E-state index in [9.17, 15) is 9.59 Å². The third kappa shape index (κ3) is 4.67. The molecule has 1 aromatic heterocycles. The zero-order chi connectivity index (χ0) is 20.1. The number of unbranched alkanes of at least 4 members (excludes halogenated alkanes) is 2. The molecule has 0 radical (unpaired) electrons. The van der Waals surface area contributed by atoms with Crippen molar-refractivity contribution < 1.29 is 19.1 Å². The average Bonchev–Trinajstić information content (AvgIpc) is 3.11. The molecule has 1 atom stereocenters. The maximum Gasteiger partial charge on any atom is 0.305 e. The highest BCUT2D eigenvalue weighted by molar-refractivity contribution is 6.09. The van der Waals surface area contributed by atoms with Gasteiger partial charge in [0.2, 0.25) is 5.78 Å². The van der Waals surface area contributed by atoms with Crippen molar-refractivity contribution in [2.45, 2.75) is 45.1 Å². The number of carbonyl (C=O) groups is 2. The minimum atomic E-state index is -0.950. The number of aryl methyl sites for hydroxylation is 1. The van der Waals surface area contributed by atoms with Gasteiger partial charge in [-0.25, -0.2) is 0 Å². The van der Waals surface area contributed by atoms with Crippen molar-refractivity contribution in [1.29, 1.82) is 0 Å². The van der Waals surface area contributed by atoms with Gasteiger partial charge < -0.3 is 15.3 Å². The van der Waals surface area contributed by atoms with Gasteiger partial charge >= 0.3 is 5.97 Å². The molecule has 3 N–H and O–H groups in total. The van der Waals surface area contributed by atoms with Gasteiger partial charge in [-0.1, -0.05) is 50.1 Å². The SMILES string of the molecule is CCCCCc1ccc(C(=O)c2cc3cc(C(N)CC(=O)O)ccc3o2)cc1. The molecule has 0 aliphatic rings. The zero-order valence-electron chi connectivity index (χ0n) is 16.0. The molecule has 0 spiro atoms. The van der Waals surface area contributed by atoms with Gasteiger partial charge in [-0.05, 0) is 42.2 Å². The van der Waals surface area contributed by atoms with Crippen molar-refractivity contribution in [3.8, 4) is 0 Å². The number of nitrogens with two attached hydrogens (primary N) is 1. The molecule has 28 heavy (non-hydrogen) atoms. The number of carbonyl (C=O) groups excluding carboxylic acids is 1. The van der Waals surface area contributed by atoms with Crippen LogP contribution in [-0.2, 0) is 11.2 Å². The van der Waals surface area contributed by atoms with Crippen LogP contribution in [0.2, 0.25) is 0 Å². The van der Waals surface area contributed by atoms with Crippen molar-refractivity contribution in [3.63, 3.8) is 0 Å². The van der Waals surface area contributed by atoms with E-state index in [-0.39, 0.29) is 18.0 Å². The molecule has 0 bridgehead atoms. The number of aliphatic carboxylic acids is 1. The Morgan fingerprint density at radius 2 is 1.82 bits per heavy atom. The second kappa shape index (κ2) is 8.85. The van der Waals surface area contributed by atoms with Gasteiger partial charge in [0.1, 0.15) is 5.58 Å². The number of carboxylic acids is 1. The van der Waals surface area contributed by atoms with Crippen LogP contribution < -0.4 is 5.73 Å². The van der Waals surface area contributed by atoms with E-state index in [1.807, 2.05) is 24.3 Å². The summed E-state index contributed by atoms with van der Waals surface area (Å²) in [6.07, 6.45) is 4.41. The summed E-state index contributed by atoms with van der Waals surface area (Å²) in [4.78, 5) is 23.6. The van der Waals surface area contributed by atoms with E-state index < -0.39 is 12.0 Å². The number of benzene rings is 2. The number of furan rings is 1. The van der Waals surface area contributed by atoms with Crippen molar-refractivity contribution in [3.05, 3.63) is 71.0 Å². The molecule has 3 rings (SSSR count). The van der Waals surface area contributed by atoms with Gasteiger partial charge in [0.05, 0.1) is 6.42 Å². The second-order valence-corrected chi connectivity index (χ2v) is 7.10. The van der Waals surface area contributed by atoms with Gasteiger partial charge in [-0.15, -0.1) is 0 Å². The highest BCUT2D eigenvalue weighted by Gasteiger charge is 2.17. The molecule has 1 heterocycles. The van der Waals surface area contributed by atoms with E-state index in [0.29, 0.717) is 16.7 Å². The van der Waals surface area contributed by atoms with E-state index in [1.165, 1.54) is 18.4 Å². The first-order valence-corrected chi connectivity index (χ1v) is 9.62. The summed E-state index contributed by atoms with van der Waals surface area (Å²) in [5.41, 5.74) is 9.01. The first kappa shape index (κ1) is 19.8. The van der Waals surface area contributed by atoms with E-state index >= 15 is 0 Å². The van der Waals surface area contributed by atoms with Gasteiger partial charge in [-0.3, -0.25) is 9.59 Å². The average molecular weight is 379 g/mol. The van der Waals surface area contributed by atoms with Crippen LogP contribution in [0.25, 0.3) is 11.0 Å². The largest absolute Gasteiger partial charge is 0.481 e. The Kier molecular flexibility index (Phi) is 6.26. The highest BCUT2D eigenvalue weighted by Crippen LogP contribution is 2.26. The maximum absolute atomic E-state index is 12.8. The van der Waals surface area contributed by atoms with Crippen LogP contribution in [0, 0.1) is 0 Å². The third-order valence-corrected chi connectivity index (χ3v) is 4.87. The van der Waals surface area contributed by atoms with E-state index in [2.05, 4.69) is 6.92 Å². The molecule has 3 aromatic rings. The molecule has 5 heteroatoms. The summed E-state index contributed by atoms with van der Waals surface area (Å²) in [5, 5.41) is 9.63. The Labute approximate surface area is 164 Å². The van der Waals surface area contributed by atoms with Crippen molar-refractivity contribution in [2.24, 2.45) is 5.73 Å². The maximum atomic E-state index is 12.8. The fourth-order valence-electron chi connectivity index (χ4n) is 3.25. The summed E-state index contributed by atoms with van der Waals surface area (Å²) in [7, 11) is 0. The minimum absolute atomic E-state index is 0.153. The molecular weight excluding hydrogens is 354 g/mol. The Balaban J connectivity index is 1.77. The summed E-state index contributed by atoms with van der Waals surface area (Å²) in [5.74, 6) is -0.862. The molecule has 0 fully saturated rings. The van der Waals surface area contributed by atoms with Gasteiger partial charge in [0, 0.05) is 17.0 Å². The Bertz CT molecular complexity index is 972. The number of hydrogen-bond donors (Lipinski definition) is 2. The van der Waals surface area contributed by atoms with Crippen LogP contribution >= 0.6 is 0 Å². The van der Waals surface area contributed by atoms with Gasteiger partial charge in [-0.2, -0.15) is 0 Å². The van der Waals surface area contributed by atoms with Crippen LogP contribution in [0.5, 0.6) is 0 Å². The fourth-order valence-corrected chi connectivity index (χ4v) is 3.25. The van der Waals surface area contributed by atoms with Crippen LogP contribution in [0.1, 0.15) is 65.9 Å². The summed E-state index contributed by atoms with van der Waals surface area (Å²) >= 11 is 0. The molecule has 2 aromatic carbocycles. The number of rotatable bonds is 9. The van der Waals surface area contributed by atoms with Crippen LogP contribution in [-0.4, -0.2) is 16.9 Å². The molecule has 0 aliphatic carbocycles. The van der Waals surface area contributed by atoms with Gasteiger partial charge in [0.15, 0.2) is 5.76 Å². The fraction of sp³-hybridized carbons (Fsp3) is 0.304. The number of hydrogen-bond acceptors (Lipinski definition) is 4. The Hall–Kier alpha value is -2.92. The first-order chi connectivity index (χ1) is 13.5. The second-order valence-electron chi connectivity index (χ2n) is 7.10. The molecule has 0 amide bonds. The predicted octanol–water partition coefficient (Wildman–Crippen LogP) is 4.87. The summed E-state index contributed by atoms with van der Waals surface area (Å²) < 4.78 is 5.70. The third-order valence-electron chi connectivity index (χ3n) is 4.87. The van der Waals surface area contributed by atoms with E-state index in [0.717, 1.165) is 18.2 Å². The van der Waals surface area contributed by atoms with Crippen molar-refractivity contribution >= 4 is 22.7 Å². The molecular formula is C23H25NO4. The van der Waals surface area contributed by atoms with Crippen molar-refractivity contribution in [2.75, 3.05) is 0 Å². The lowest BCUT2D eigenvalue weighted by atomic mass is 10.0. The van der Waals surface area contributed by atoms with Crippen molar-refractivity contribution in [1.82, 2.24) is 0 Å². The summed E-state index contributed by atoms with van der Waals surface area (Å²) in [6.45, 7) is 2.18. The topological polar surface area (TPSA) is 93.5 Å². The quantitative estimate of drug-likeness (QED) is 0.408. The Morgan fingerprint density at radius 3 is 2.50 bits per heavy atom. The van der Waals surface area contributed by atoms with Crippen LogP contribution in [0.15, 0.2) is 52.9 Å². The molecule has 0 aliphatic heterocycles. The lowest BCUT2D eigenvalue weighted by Crippen LogP contribution is -2.14. The first-order valence-electron chi connectivity index (χ1n) is 9.62. The van der Waals surface area contributed by atoms with E-state index in [4.69, 9.17) is 15.3 Å². The molecule has 0 saturated carbocycles. The number of carboxylic acid groups (broad SMARTS) is 1. The molecule has 5 nitrogen and oxygen atoms in total. The highest BCUT2D eigenvalue weighted by atomic mass is 16.4. The lowest BCUT2D eigenvalue weighted by Gasteiger charge is -2.08. The monoisotopic (exact) mass is 379 g/mol. The molecule has 0 saturated heterocycles. The van der Waals surface area contributed by atoms with Crippen LogP contribution in [0.4, 0.5) is 0 Å². The van der Waals surface area contributed by atoms with Gasteiger partial charge in [0.25, 0.3) is 0 Å². The molecule has 146 valence electrons. The Morgan fingerprint density at radius 1 is 1.07 bits per heavy atom. The predicted molar refractivity (Wildman–Crippen MR) is 108 cm³/mol. The van der Waals surface area contributed by atoms with Crippen LogP contribution in [0.3, 0.4) is 0 Å². The lowest BCUT2D eigenvalue weighted by molar-refractivity contribution is -0.137. The normalized spacial score (nSPS) is 12.2. The summed E-state index contributed by atoms with van der Waals surface area (Å²) in [6, 6.07) is 14.0. The minimum Gasteiger partial charge on any atom is -0.481 e. The number of fused-ring (bicyclic) bond motifs is 1. The molecule has 1 unspecified atom stereocenters. The zero-order valence-corrected chi connectivity index (χ0v) is 16.0. The van der Waals surface area contributed by atoms with E-state index in [1.54, 1.807) is 24.3 Å². The standard InChI is InChI=1S/C23H25NO4/c1-2-3-4-5-15-6-8-16(9-7-15)23(27)21-13-18-12-17(10-11-20(18)28-21)19(24)14-22(25)26/h6-13,19H,2-5,14,24H2,1H3,(H,25,26). The smallest absolute Gasteiger partial charge is 0.305 e. The number of ketones is 1.